The van der Waals surface area contributed by atoms with Gasteiger partial charge in [-0.3, -0.25) is 0 Å². The molecule has 0 aliphatic heterocycles. The van der Waals surface area contributed by atoms with Gasteiger partial charge in [-0.1, -0.05) is 161 Å². The zero-order chi connectivity index (χ0) is 39.6. The molecule has 0 saturated carbocycles. The zero-order valence-electron chi connectivity index (χ0n) is 29.5. The Kier molecular flexibility index (Phi) is 16.2. The maximum Gasteiger partial charge on any atom is 0.157 e. The van der Waals surface area contributed by atoms with Crippen molar-refractivity contribution >= 4 is 116 Å². The van der Waals surface area contributed by atoms with E-state index in [-0.39, 0.29) is 16.5 Å². The standard InChI is InChI=1S/C21H17Cl4NOS.C21H18Cl3NOS/c1-2-14-16(23)10-18(21(27)20(14)25)26-11-12-5-3-4-6-19(12)28-13-7-8-15(22)17(24)9-13;1-2-16-17(23)11-18(21(26)20(16)24)25-12-13-6-3-4-9-19(13)27-15-8-5-7-14(22)10-15/h3-10,26-27H,2,11H2,1H3;3-11,25-26H,2,12H2,1H3. The summed E-state index contributed by atoms with van der Waals surface area (Å²) in [5.41, 5.74) is 4.66. The fraction of sp³-hybridized carbons (Fsp3) is 0.143. The molecular weight excluding hydrogens is 877 g/mol. The number of aromatic hydroxyl groups is 2. The highest BCUT2D eigenvalue weighted by atomic mass is 35.5. The summed E-state index contributed by atoms with van der Waals surface area (Å²) in [6.07, 6.45) is 1.30. The van der Waals surface area contributed by atoms with Gasteiger partial charge in [0.15, 0.2) is 11.5 Å². The Morgan fingerprint density at radius 1 is 0.491 bits per heavy atom. The Morgan fingerprint density at radius 2 is 0.964 bits per heavy atom. The number of hydrogen-bond acceptors (Lipinski definition) is 6. The van der Waals surface area contributed by atoms with Crippen molar-refractivity contribution < 1.29 is 10.2 Å². The lowest BCUT2D eigenvalue weighted by Crippen LogP contribution is -2.02. The molecule has 0 aliphatic carbocycles. The van der Waals surface area contributed by atoms with Crippen LogP contribution in [0.25, 0.3) is 0 Å². The Hall–Kier alpha value is -2.75. The van der Waals surface area contributed by atoms with Crippen LogP contribution < -0.4 is 10.6 Å². The monoisotopic (exact) mass is 908 g/mol. The average Bonchev–Trinajstić information content (AvgIpc) is 3.16. The van der Waals surface area contributed by atoms with Crippen LogP contribution in [0.1, 0.15) is 36.1 Å². The minimum Gasteiger partial charge on any atom is -0.504 e. The van der Waals surface area contributed by atoms with E-state index in [4.69, 9.17) is 81.2 Å². The van der Waals surface area contributed by atoms with E-state index in [0.29, 0.717) is 67.4 Å². The lowest BCUT2D eigenvalue weighted by atomic mass is 10.1. The number of benzene rings is 6. The summed E-state index contributed by atoms with van der Waals surface area (Å²) in [7, 11) is 0. The molecule has 0 bridgehead atoms. The van der Waals surface area contributed by atoms with Gasteiger partial charge < -0.3 is 20.8 Å². The first-order chi connectivity index (χ1) is 26.4. The van der Waals surface area contributed by atoms with Gasteiger partial charge in [0.2, 0.25) is 0 Å². The fourth-order valence-electron chi connectivity index (χ4n) is 5.42. The number of phenolic OH excluding ortho intramolecular Hbond substituents is 2. The minimum absolute atomic E-state index is 0.0116. The smallest absolute Gasteiger partial charge is 0.157 e. The van der Waals surface area contributed by atoms with Gasteiger partial charge >= 0.3 is 0 Å². The molecule has 6 rings (SSSR count). The molecule has 286 valence electrons. The maximum atomic E-state index is 10.4. The molecule has 4 nitrogen and oxygen atoms in total. The second kappa shape index (κ2) is 20.6. The second-order valence-corrected chi connectivity index (χ2v) is 17.0. The van der Waals surface area contributed by atoms with E-state index in [1.54, 1.807) is 41.7 Å². The fourth-order valence-corrected chi connectivity index (χ4v) is 9.47. The van der Waals surface area contributed by atoms with Crippen LogP contribution in [0, 0.1) is 0 Å². The highest BCUT2D eigenvalue weighted by molar-refractivity contribution is 7.99. The lowest BCUT2D eigenvalue weighted by molar-refractivity contribution is 0.476. The van der Waals surface area contributed by atoms with Crippen molar-refractivity contribution in [1.82, 2.24) is 0 Å². The molecule has 6 aromatic carbocycles. The van der Waals surface area contributed by atoms with Gasteiger partial charge in [-0.15, -0.1) is 0 Å². The summed E-state index contributed by atoms with van der Waals surface area (Å²) >= 11 is 46.5. The molecule has 13 heteroatoms. The van der Waals surface area contributed by atoms with Crippen molar-refractivity contribution in [2.24, 2.45) is 0 Å². The molecule has 0 aliphatic rings. The molecule has 0 amide bonds. The molecule has 0 saturated heterocycles. The molecular formula is C42H35Cl7N2O2S2. The van der Waals surface area contributed by atoms with Crippen molar-refractivity contribution in [2.75, 3.05) is 10.6 Å². The highest BCUT2D eigenvalue weighted by Crippen LogP contribution is 2.42. The van der Waals surface area contributed by atoms with Crippen molar-refractivity contribution in [2.45, 2.75) is 59.4 Å². The van der Waals surface area contributed by atoms with Crippen LogP contribution >= 0.6 is 105 Å². The van der Waals surface area contributed by atoms with Gasteiger partial charge in [0.05, 0.1) is 31.5 Å². The molecule has 0 aromatic heterocycles. The van der Waals surface area contributed by atoms with Crippen LogP contribution in [-0.2, 0) is 25.9 Å². The Balaban J connectivity index is 0.000000211. The second-order valence-electron chi connectivity index (χ2n) is 12.0. The zero-order valence-corrected chi connectivity index (χ0v) is 36.4. The van der Waals surface area contributed by atoms with Crippen LogP contribution in [0.5, 0.6) is 11.5 Å². The van der Waals surface area contributed by atoms with Gasteiger partial charge in [0.25, 0.3) is 0 Å². The Morgan fingerprint density at radius 3 is 1.42 bits per heavy atom. The van der Waals surface area contributed by atoms with Crippen LogP contribution in [-0.4, -0.2) is 10.2 Å². The van der Waals surface area contributed by atoms with Gasteiger partial charge in [0, 0.05) is 47.7 Å². The van der Waals surface area contributed by atoms with Crippen molar-refractivity contribution in [1.29, 1.82) is 0 Å². The first kappa shape index (κ1) is 43.4. The topological polar surface area (TPSA) is 64.5 Å². The molecule has 6 aromatic rings. The molecule has 0 fully saturated rings. The molecule has 0 radical (unpaired) electrons. The molecule has 0 spiro atoms. The van der Waals surface area contributed by atoms with Crippen molar-refractivity contribution in [3.63, 3.8) is 0 Å². The number of halogens is 7. The number of nitrogens with one attached hydrogen (secondary N) is 2. The largest absolute Gasteiger partial charge is 0.504 e. The van der Waals surface area contributed by atoms with E-state index >= 15 is 0 Å². The number of phenols is 2. The maximum absolute atomic E-state index is 10.4. The summed E-state index contributed by atoms with van der Waals surface area (Å²) in [5.74, 6) is 0.0374. The van der Waals surface area contributed by atoms with Crippen LogP contribution in [0.2, 0.25) is 35.2 Å². The van der Waals surface area contributed by atoms with Gasteiger partial charge in [-0.25, -0.2) is 0 Å². The third-order valence-electron chi connectivity index (χ3n) is 8.31. The predicted molar refractivity (Wildman–Crippen MR) is 239 cm³/mol. The summed E-state index contributed by atoms with van der Waals surface area (Å²) in [6, 6.07) is 32.8. The van der Waals surface area contributed by atoms with E-state index in [2.05, 4.69) is 16.7 Å². The molecule has 4 N–H and O–H groups in total. The van der Waals surface area contributed by atoms with Crippen LogP contribution in [0.3, 0.4) is 0 Å². The Labute approximate surface area is 365 Å². The SMILES string of the molecule is CCc1c(Cl)cc(NCc2ccccc2Sc2ccc(Cl)c(Cl)c2)c(O)c1Cl.CCc1c(Cl)cc(NCc2ccccc2Sc2cccc(Cl)c2)c(O)c1Cl. The summed E-state index contributed by atoms with van der Waals surface area (Å²) in [5, 5.41) is 30.7. The van der Waals surface area contributed by atoms with E-state index < -0.39 is 0 Å². The van der Waals surface area contributed by atoms with Crippen LogP contribution in [0.15, 0.2) is 123 Å². The van der Waals surface area contributed by atoms with E-state index in [0.717, 1.165) is 41.8 Å². The minimum atomic E-state index is 0.0116. The molecule has 0 atom stereocenters. The van der Waals surface area contributed by atoms with Gasteiger partial charge in [-0.2, -0.15) is 0 Å². The Bertz CT molecular complexity index is 2290. The van der Waals surface area contributed by atoms with Gasteiger partial charge in [-0.05, 0) is 95.8 Å². The summed E-state index contributed by atoms with van der Waals surface area (Å²) in [4.78, 5) is 4.23. The third-order valence-corrected chi connectivity index (χ3v) is 13.0. The quantitative estimate of drug-likeness (QED) is 0.0918. The average molecular weight is 912 g/mol. The van der Waals surface area contributed by atoms with E-state index in [9.17, 15) is 10.2 Å². The summed E-state index contributed by atoms with van der Waals surface area (Å²) in [6.45, 7) is 4.91. The highest BCUT2D eigenvalue weighted by Gasteiger charge is 2.16. The first-order valence-electron chi connectivity index (χ1n) is 17.0. The van der Waals surface area contributed by atoms with E-state index in [1.807, 2.05) is 92.7 Å². The van der Waals surface area contributed by atoms with Gasteiger partial charge in [0.1, 0.15) is 0 Å². The van der Waals surface area contributed by atoms with Crippen molar-refractivity contribution in [3.05, 3.63) is 161 Å². The lowest BCUT2D eigenvalue weighted by Gasteiger charge is -2.15. The third kappa shape index (κ3) is 11.4. The normalized spacial score (nSPS) is 10.9. The molecule has 0 heterocycles. The first-order valence-corrected chi connectivity index (χ1v) is 21.3. The predicted octanol–water partition coefficient (Wildman–Crippen LogP) is 16.0. The summed E-state index contributed by atoms with van der Waals surface area (Å²) < 4.78 is 0. The molecule has 55 heavy (non-hydrogen) atoms. The number of rotatable bonds is 12. The molecule has 0 unspecified atom stereocenters. The number of anilines is 2. The van der Waals surface area contributed by atoms with Crippen LogP contribution in [0.4, 0.5) is 11.4 Å². The van der Waals surface area contributed by atoms with E-state index in [1.165, 1.54) is 0 Å². The van der Waals surface area contributed by atoms with Crippen molar-refractivity contribution in [3.8, 4) is 11.5 Å². The number of hydrogen-bond donors (Lipinski definition) is 4.